The number of aryl methyl sites for hydroxylation is 1. The number of nitrogens with zero attached hydrogens (tertiary/aromatic N) is 4. The molecule has 1 amide bonds. The Morgan fingerprint density at radius 1 is 0.871 bits per heavy atom. The zero-order valence-corrected chi connectivity index (χ0v) is 17.3. The van der Waals surface area contributed by atoms with Gasteiger partial charge in [-0.05, 0) is 55.5 Å². The van der Waals surface area contributed by atoms with E-state index in [0.29, 0.717) is 33.5 Å². The number of benzene rings is 2. The Labute approximate surface area is 181 Å². The van der Waals surface area contributed by atoms with E-state index in [2.05, 4.69) is 30.0 Å². The fourth-order valence-corrected chi connectivity index (χ4v) is 3.59. The molecule has 4 aromatic rings. The Hall–Kier alpha value is -3.98. The van der Waals surface area contributed by atoms with Gasteiger partial charge in [0.25, 0.3) is 5.91 Å². The number of anilines is 2. The molecule has 0 bridgehead atoms. The molecule has 1 atom stereocenters. The molecule has 2 N–H and O–H groups in total. The molecule has 2 aromatic heterocycles. The van der Waals surface area contributed by atoms with Crippen molar-refractivity contribution in [3.05, 3.63) is 90.4 Å². The zero-order valence-electron chi connectivity index (χ0n) is 16.5. The van der Waals surface area contributed by atoms with Crippen molar-refractivity contribution < 1.29 is 9.00 Å². The number of rotatable bonds is 6. The van der Waals surface area contributed by atoms with Crippen LogP contribution in [0.25, 0.3) is 11.5 Å². The van der Waals surface area contributed by atoms with Crippen molar-refractivity contribution >= 4 is 28.5 Å². The third-order valence-corrected chi connectivity index (χ3v) is 5.30. The molecule has 154 valence electrons. The van der Waals surface area contributed by atoms with Gasteiger partial charge in [-0.15, -0.1) is 0 Å². The van der Waals surface area contributed by atoms with Crippen molar-refractivity contribution in [3.8, 4) is 11.5 Å². The van der Waals surface area contributed by atoms with Crippen molar-refractivity contribution in [1.29, 1.82) is 0 Å². The Balaban J connectivity index is 1.46. The van der Waals surface area contributed by atoms with Gasteiger partial charge in [0.15, 0.2) is 5.82 Å². The third kappa shape index (κ3) is 5.14. The number of hydrogen-bond acceptors (Lipinski definition) is 6. The SMILES string of the molecule is Cc1nc(NC(=O)c2ccc(NS(=O)c3ccccc3)cc2)nc(-c2ccccn2)n1. The number of aromatic nitrogens is 4. The maximum atomic E-state index is 12.6. The van der Waals surface area contributed by atoms with E-state index in [4.69, 9.17) is 0 Å². The predicted molar refractivity (Wildman–Crippen MR) is 119 cm³/mol. The molecule has 0 spiro atoms. The normalized spacial score (nSPS) is 11.5. The summed E-state index contributed by atoms with van der Waals surface area (Å²) in [7, 11) is -1.39. The summed E-state index contributed by atoms with van der Waals surface area (Å²) in [6.45, 7) is 1.72. The molecule has 0 aliphatic rings. The van der Waals surface area contributed by atoms with Gasteiger partial charge in [-0.3, -0.25) is 15.1 Å². The summed E-state index contributed by atoms with van der Waals surface area (Å²) >= 11 is 0. The number of pyridine rings is 1. The van der Waals surface area contributed by atoms with Crippen molar-refractivity contribution in [2.45, 2.75) is 11.8 Å². The van der Waals surface area contributed by atoms with E-state index in [1.54, 1.807) is 61.7 Å². The monoisotopic (exact) mass is 430 g/mol. The summed E-state index contributed by atoms with van der Waals surface area (Å²) in [4.78, 5) is 30.3. The van der Waals surface area contributed by atoms with E-state index in [-0.39, 0.29) is 11.9 Å². The Morgan fingerprint density at radius 2 is 1.61 bits per heavy atom. The van der Waals surface area contributed by atoms with E-state index < -0.39 is 11.0 Å². The van der Waals surface area contributed by atoms with Crippen molar-refractivity contribution in [2.75, 3.05) is 10.0 Å². The van der Waals surface area contributed by atoms with Gasteiger partial charge in [-0.25, -0.2) is 9.19 Å². The van der Waals surface area contributed by atoms with E-state index in [0.717, 1.165) is 0 Å². The molecule has 2 heterocycles. The molecular weight excluding hydrogens is 412 g/mol. The average molecular weight is 430 g/mol. The zero-order chi connectivity index (χ0) is 21.6. The summed E-state index contributed by atoms with van der Waals surface area (Å²) in [5.74, 6) is 0.624. The largest absolute Gasteiger partial charge is 0.301 e. The second kappa shape index (κ2) is 9.23. The minimum Gasteiger partial charge on any atom is -0.301 e. The highest BCUT2D eigenvalue weighted by atomic mass is 32.2. The number of carbonyl (C=O) groups excluding carboxylic acids is 1. The molecule has 1 unspecified atom stereocenters. The smallest absolute Gasteiger partial charge is 0.258 e. The minimum atomic E-state index is -1.39. The van der Waals surface area contributed by atoms with Gasteiger partial charge in [-0.2, -0.15) is 9.97 Å². The fraction of sp³-hybridized carbons (Fsp3) is 0.0455. The molecule has 0 fully saturated rings. The van der Waals surface area contributed by atoms with E-state index in [1.165, 1.54) is 0 Å². The molecule has 0 saturated carbocycles. The lowest BCUT2D eigenvalue weighted by atomic mass is 10.2. The maximum absolute atomic E-state index is 12.6. The third-order valence-electron chi connectivity index (χ3n) is 4.18. The highest BCUT2D eigenvalue weighted by Crippen LogP contribution is 2.16. The van der Waals surface area contributed by atoms with E-state index in [1.807, 2.05) is 24.3 Å². The lowest BCUT2D eigenvalue weighted by molar-refractivity contribution is 0.102. The topological polar surface area (TPSA) is 110 Å². The Kier molecular flexibility index (Phi) is 6.04. The van der Waals surface area contributed by atoms with Crippen LogP contribution in [0.2, 0.25) is 0 Å². The first-order valence-electron chi connectivity index (χ1n) is 9.37. The quantitative estimate of drug-likeness (QED) is 0.483. The van der Waals surface area contributed by atoms with Gasteiger partial charge in [0.1, 0.15) is 22.5 Å². The van der Waals surface area contributed by atoms with Crippen LogP contribution in [0.5, 0.6) is 0 Å². The van der Waals surface area contributed by atoms with E-state index in [9.17, 15) is 9.00 Å². The van der Waals surface area contributed by atoms with Crippen LogP contribution < -0.4 is 10.0 Å². The minimum absolute atomic E-state index is 0.144. The highest BCUT2D eigenvalue weighted by molar-refractivity contribution is 7.86. The fourth-order valence-electron chi connectivity index (χ4n) is 2.72. The van der Waals surface area contributed by atoms with Gasteiger partial charge in [0, 0.05) is 17.4 Å². The molecule has 2 aromatic carbocycles. The average Bonchev–Trinajstić information content (AvgIpc) is 2.80. The summed E-state index contributed by atoms with van der Waals surface area (Å²) in [5, 5.41) is 2.69. The van der Waals surface area contributed by atoms with Gasteiger partial charge < -0.3 is 4.72 Å². The number of amides is 1. The first-order valence-corrected chi connectivity index (χ1v) is 10.5. The van der Waals surface area contributed by atoms with Crippen molar-refractivity contribution in [3.63, 3.8) is 0 Å². The van der Waals surface area contributed by atoms with Gasteiger partial charge in [0.2, 0.25) is 5.95 Å². The number of carbonyl (C=O) groups is 1. The standard InChI is InChI=1S/C22H18N6O2S/c1-15-24-20(19-9-5-6-14-23-19)26-22(25-15)27-21(29)16-10-12-17(13-11-16)28-31(30)18-7-3-2-4-8-18/h2-14,28H,1H3,(H,24,25,26,27,29). The predicted octanol–water partition coefficient (Wildman–Crippen LogP) is 3.63. The summed E-state index contributed by atoms with van der Waals surface area (Å²) in [5.41, 5.74) is 1.63. The maximum Gasteiger partial charge on any atom is 0.258 e. The van der Waals surface area contributed by atoms with Crippen LogP contribution in [0, 0.1) is 6.92 Å². The van der Waals surface area contributed by atoms with Gasteiger partial charge in [-0.1, -0.05) is 24.3 Å². The van der Waals surface area contributed by atoms with Crippen LogP contribution in [0.3, 0.4) is 0 Å². The van der Waals surface area contributed by atoms with Crippen LogP contribution in [0.1, 0.15) is 16.2 Å². The molecule has 4 rings (SSSR count). The van der Waals surface area contributed by atoms with Crippen LogP contribution in [0.15, 0.2) is 83.9 Å². The Bertz CT molecular complexity index is 1220. The molecule has 0 aliphatic carbocycles. The molecule has 8 nitrogen and oxygen atoms in total. The number of nitrogens with one attached hydrogen (secondary N) is 2. The van der Waals surface area contributed by atoms with Gasteiger partial charge >= 0.3 is 0 Å². The second-order valence-electron chi connectivity index (χ2n) is 6.46. The van der Waals surface area contributed by atoms with Gasteiger partial charge in [0.05, 0.1) is 4.90 Å². The van der Waals surface area contributed by atoms with Crippen molar-refractivity contribution in [1.82, 2.24) is 19.9 Å². The first kappa shape index (κ1) is 20.3. The summed E-state index contributed by atoms with van der Waals surface area (Å²) in [6, 6.07) is 21.1. The van der Waals surface area contributed by atoms with Crippen LogP contribution in [0.4, 0.5) is 11.6 Å². The Morgan fingerprint density at radius 3 is 2.32 bits per heavy atom. The second-order valence-corrected chi connectivity index (χ2v) is 7.67. The van der Waals surface area contributed by atoms with Crippen LogP contribution >= 0.6 is 0 Å². The molecular formula is C22H18N6O2S. The lowest BCUT2D eigenvalue weighted by Crippen LogP contribution is -2.15. The van der Waals surface area contributed by atoms with Crippen molar-refractivity contribution in [2.24, 2.45) is 0 Å². The molecule has 0 aliphatic heterocycles. The lowest BCUT2D eigenvalue weighted by Gasteiger charge is -2.08. The molecule has 9 heteroatoms. The first-order chi connectivity index (χ1) is 15.1. The van der Waals surface area contributed by atoms with Crippen LogP contribution in [-0.2, 0) is 11.0 Å². The van der Waals surface area contributed by atoms with E-state index >= 15 is 0 Å². The number of hydrogen-bond donors (Lipinski definition) is 2. The molecule has 31 heavy (non-hydrogen) atoms. The molecule has 0 radical (unpaired) electrons. The summed E-state index contributed by atoms with van der Waals surface area (Å²) < 4.78 is 15.3. The highest BCUT2D eigenvalue weighted by Gasteiger charge is 2.12. The molecule has 0 saturated heterocycles. The van der Waals surface area contributed by atoms with Crippen LogP contribution in [-0.4, -0.2) is 30.1 Å². The summed E-state index contributed by atoms with van der Waals surface area (Å²) in [6.07, 6.45) is 1.65.